The first-order valence-electron chi connectivity index (χ1n) is 6.01. The number of aliphatic hydroxyl groups excluding tert-OH is 1. The average molecular weight is 254 g/mol. The molecule has 0 aliphatic heterocycles. The van der Waals surface area contributed by atoms with Crippen molar-refractivity contribution in [2.24, 2.45) is 11.8 Å². The van der Waals surface area contributed by atoms with Gasteiger partial charge in [0.05, 0.1) is 11.2 Å². The zero-order valence-corrected chi connectivity index (χ0v) is 10.8. The largest absolute Gasteiger partial charge is 0.396 e. The zero-order valence-electron chi connectivity index (χ0n) is 9.98. The lowest BCUT2D eigenvalue weighted by atomic mass is 9.97. The first kappa shape index (κ1) is 12.5. The normalized spacial score (nSPS) is 23.9. The molecule has 1 fully saturated rings. The Kier molecular flexibility index (Phi) is 4.12. The number of aliphatic hydroxyl groups is 1. The van der Waals surface area contributed by atoms with Crippen LogP contribution in [0, 0.1) is 18.8 Å². The van der Waals surface area contributed by atoms with Crippen LogP contribution in [0.25, 0.3) is 0 Å². The van der Waals surface area contributed by atoms with Gasteiger partial charge in [0, 0.05) is 13.2 Å². The molecule has 4 nitrogen and oxygen atoms in total. The summed E-state index contributed by atoms with van der Waals surface area (Å²) in [5, 5.41) is 12.2. The molecule has 1 saturated carbocycles. The van der Waals surface area contributed by atoms with E-state index in [2.05, 4.69) is 10.3 Å². The smallest absolute Gasteiger partial charge is 0.263 e. The molecule has 1 aliphatic carbocycles. The van der Waals surface area contributed by atoms with Crippen LogP contribution in [0.1, 0.15) is 34.6 Å². The molecule has 17 heavy (non-hydrogen) atoms. The standard InChI is InChI=1S/C12H18N2O2S/c1-8-11(17-7-14-8)12(16)13-5-9-3-2-4-10(9)6-15/h7,9-10,15H,2-6H2,1H3,(H,13,16). The van der Waals surface area contributed by atoms with Crippen LogP contribution in [0.5, 0.6) is 0 Å². The lowest BCUT2D eigenvalue weighted by Crippen LogP contribution is -2.31. The van der Waals surface area contributed by atoms with E-state index in [1.807, 2.05) is 6.92 Å². The van der Waals surface area contributed by atoms with Crippen molar-refractivity contribution in [3.05, 3.63) is 16.1 Å². The molecular weight excluding hydrogens is 236 g/mol. The molecule has 94 valence electrons. The van der Waals surface area contributed by atoms with Crippen molar-refractivity contribution in [1.82, 2.24) is 10.3 Å². The summed E-state index contributed by atoms with van der Waals surface area (Å²) in [6.45, 7) is 2.75. The second kappa shape index (κ2) is 5.60. The van der Waals surface area contributed by atoms with Crippen LogP contribution in [-0.4, -0.2) is 29.1 Å². The first-order chi connectivity index (χ1) is 8.22. The Hall–Kier alpha value is -0.940. The van der Waals surface area contributed by atoms with Gasteiger partial charge in [-0.25, -0.2) is 4.98 Å². The van der Waals surface area contributed by atoms with Gasteiger partial charge in [-0.3, -0.25) is 4.79 Å². The van der Waals surface area contributed by atoms with Crippen LogP contribution in [0.15, 0.2) is 5.51 Å². The number of hydrogen-bond donors (Lipinski definition) is 2. The van der Waals surface area contributed by atoms with Crippen molar-refractivity contribution in [1.29, 1.82) is 0 Å². The van der Waals surface area contributed by atoms with Crippen molar-refractivity contribution >= 4 is 17.2 Å². The molecule has 1 amide bonds. The molecule has 2 rings (SSSR count). The molecule has 0 aromatic carbocycles. The number of nitrogens with zero attached hydrogens (tertiary/aromatic N) is 1. The number of carbonyl (C=O) groups excluding carboxylic acids is 1. The summed E-state index contributed by atoms with van der Waals surface area (Å²) < 4.78 is 0. The summed E-state index contributed by atoms with van der Waals surface area (Å²) in [4.78, 5) is 16.6. The zero-order chi connectivity index (χ0) is 12.3. The van der Waals surface area contributed by atoms with Crippen LogP contribution in [-0.2, 0) is 0 Å². The molecule has 0 spiro atoms. The third-order valence-corrected chi connectivity index (χ3v) is 4.45. The van der Waals surface area contributed by atoms with E-state index in [-0.39, 0.29) is 12.5 Å². The number of hydrogen-bond acceptors (Lipinski definition) is 4. The maximum Gasteiger partial charge on any atom is 0.263 e. The molecule has 0 bridgehead atoms. The fourth-order valence-electron chi connectivity index (χ4n) is 2.45. The molecule has 2 N–H and O–H groups in total. The summed E-state index contributed by atoms with van der Waals surface area (Å²) in [5.41, 5.74) is 2.48. The minimum atomic E-state index is -0.0337. The van der Waals surface area contributed by atoms with Gasteiger partial charge in [-0.05, 0) is 31.6 Å². The van der Waals surface area contributed by atoms with Gasteiger partial charge in [0.15, 0.2) is 0 Å². The van der Waals surface area contributed by atoms with Crippen molar-refractivity contribution < 1.29 is 9.90 Å². The molecule has 5 heteroatoms. The van der Waals surface area contributed by atoms with Crippen LogP contribution in [0.2, 0.25) is 0 Å². The minimum Gasteiger partial charge on any atom is -0.396 e. The monoisotopic (exact) mass is 254 g/mol. The van der Waals surface area contributed by atoms with Crippen LogP contribution >= 0.6 is 11.3 Å². The summed E-state index contributed by atoms with van der Waals surface area (Å²) in [6.07, 6.45) is 3.34. The first-order valence-corrected chi connectivity index (χ1v) is 6.89. The molecule has 0 radical (unpaired) electrons. The minimum absolute atomic E-state index is 0.0337. The highest BCUT2D eigenvalue weighted by Gasteiger charge is 2.27. The van der Waals surface area contributed by atoms with Crippen molar-refractivity contribution in [2.75, 3.05) is 13.2 Å². The fourth-order valence-corrected chi connectivity index (χ4v) is 3.17. The van der Waals surface area contributed by atoms with E-state index in [4.69, 9.17) is 0 Å². The highest BCUT2D eigenvalue weighted by Crippen LogP contribution is 2.30. The molecule has 2 atom stereocenters. The number of amides is 1. The van der Waals surface area contributed by atoms with Gasteiger partial charge in [0.2, 0.25) is 0 Å². The number of thiazole rings is 1. The van der Waals surface area contributed by atoms with E-state index >= 15 is 0 Å². The Bertz CT molecular complexity index is 392. The number of rotatable bonds is 4. The molecule has 2 unspecified atom stereocenters. The van der Waals surface area contributed by atoms with E-state index in [9.17, 15) is 9.90 Å². The Morgan fingerprint density at radius 2 is 2.35 bits per heavy atom. The highest BCUT2D eigenvalue weighted by atomic mass is 32.1. The van der Waals surface area contributed by atoms with E-state index in [1.54, 1.807) is 5.51 Å². The second-order valence-electron chi connectivity index (χ2n) is 4.61. The van der Waals surface area contributed by atoms with Crippen LogP contribution in [0.4, 0.5) is 0 Å². The van der Waals surface area contributed by atoms with Gasteiger partial charge < -0.3 is 10.4 Å². The van der Waals surface area contributed by atoms with Crippen molar-refractivity contribution in [2.45, 2.75) is 26.2 Å². The van der Waals surface area contributed by atoms with Gasteiger partial charge in [0.1, 0.15) is 4.88 Å². The third kappa shape index (κ3) is 2.84. The van der Waals surface area contributed by atoms with E-state index in [0.29, 0.717) is 23.3 Å². The van der Waals surface area contributed by atoms with Gasteiger partial charge in [-0.15, -0.1) is 11.3 Å². The quantitative estimate of drug-likeness (QED) is 0.857. The maximum atomic E-state index is 11.9. The van der Waals surface area contributed by atoms with E-state index in [0.717, 1.165) is 25.0 Å². The predicted molar refractivity (Wildman–Crippen MR) is 67.1 cm³/mol. The fraction of sp³-hybridized carbons (Fsp3) is 0.667. The number of aromatic nitrogens is 1. The molecule has 1 aromatic rings. The summed E-state index contributed by atoms with van der Waals surface area (Å²) in [6, 6.07) is 0. The van der Waals surface area contributed by atoms with E-state index < -0.39 is 0 Å². The topological polar surface area (TPSA) is 62.2 Å². The Balaban J connectivity index is 1.86. The predicted octanol–water partition coefficient (Wildman–Crippen LogP) is 1.59. The Morgan fingerprint density at radius 3 is 3.00 bits per heavy atom. The number of nitrogens with one attached hydrogen (secondary N) is 1. The van der Waals surface area contributed by atoms with Crippen LogP contribution in [0.3, 0.4) is 0 Å². The molecular formula is C12H18N2O2S. The van der Waals surface area contributed by atoms with Crippen molar-refractivity contribution in [3.8, 4) is 0 Å². The molecule has 1 aromatic heterocycles. The average Bonchev–Trinajstić information content (AvgIpc) is 2.94. The van der Waals surface area contributed by atoms with Gasteiger partial charge >= 0.3 is 0 Å². The summed E-state index contributed by atoms with van der Waals surface area (Å²) in [7, 11) is 0. The third-order valence-electron chi connectivity index (χ3n) is 3.53. The molecule has 1 heterocycles. The summed E-state index contributed by atoms with van der Waals surface area (Å²) in [5.74, 6) is 0.753. The Labute approximate surface area is 105 Å². The summed E-state index contributed by atoms with van der Waals surface area (Å²) >= 11 is 1.37. The lowest BCUT2D eigenvalue weighted by Gasteiger charge is -2.17. The molecule has 1 aliphatic rings. The maximum absolute atomic E-state index is 11.9. The highest BCUT2D eigenvalue weighted by molar-refractivity contribution is 7.11. The van der Waals surface area contributed by atoms with Gasteiger partial charge in [-0.2, -0.15) is 0 Å². The lowest BCUT2D eigenvalue weighted by molar-refractivity contribution is 0.0941. The van der Waals surface area contributed by atoms with E-state index in [1.165, 1.54) is 11.3 Å². The SMILES string of the molecule is Cc1ncsc1C(=O)NCC1CCCC1CO. The van der Waals surface area contributed by atoms with Crippen LogP contribution < -0.4 is 5.32 Å². The second-order valence-corrected chi connectivity index (χ2v) is 5.47. The number of aryl methyl sites for hydroxylation is 1. The van der Waals surface area contributed by atoms with Crippen molar-refractivity contribution in [3.63, 3.8) is 0 Å². The van der Waals surface area contributed by atoms with Gasteiger partial charge in [-0.1, -0.05) is 6.42 Å². The van der Waals surface area contributed by atoms with Gasteiger partial charge in [0.25, 0.3) is 5.91 Å². The Morgan fingerprint density at radius 1 is 1.59 bits per heavy atom. The molecule has 0 saturated heterocycles. The number of carbonyl (C=O) groups is 1.